The van der Waals surface area contributed by atoms with Gasteiger partial charge in [0.25, 0.3) is 0 Å². The van der Waals surface area contributed by atoms with Crippen molar-refractivity contribution in [1.29, 1.82) is 0 Å². The highest BCUT2D eigenvalue weighted by atomic mass is 16.5. The molecule has 0 heterocycles. The normalized spacial score (nSPS) is 12.6. The predicted octanol–water partition coefficient (Wildman–Crippen LogP) is 1.42. The van der Waals surface area contributed by atoms with Gasteiger partial charge in [-0.25, -0.2) is 0 Å². The van der Waals surface area contributed by atoms with E-state index in [2.05, 4.69) is 23.9 Å². The van der Waals surface area contributed by atoms with Crippen LogP contribution < -0.4 is 5.32 Å². The Morgan fingerprint density at radius 3 is 2.26 bits per heavy atom. The minimum absolute atomic E-state index is 0.0398. The van der Waals surface area contributed by atoms with Crippen LogP contribution >= 0.6 is 0 Å². The van der Waals surface area contributed by atoms with E-state index in [9.17, 15) is 9.59 Å². The van der Waals surface area contributed by atoms with Crippen LogP contribution in [0.2, 0.25) is 0 Å². The van der Waals surface area contributed by atoms with Gasteiger partial charge in [-0.3, -0.25) is 14.5 Å². The molecular formula is C14H28N2O3. The lowest BCUT2D eigenvalue weighted by Crippen LogP contribution is -2.42. The van der Waals surface area contributed by atoms with Crippen molar-refractivity contribution >= 4 is 11.9 Å². The van der Waals surface area contributed by atoms with Crippen molar-refractivity contribution in [1.82, 2.24) is 10.2 Å². The van der Waals surface area contributed by atoms with Gasteiger partial charge in [-0.2, -0.15) is 0 Å². The minimum atomic E-state index is -0.317. The lowest BCUT2D eigenvalue weighted by molar-refractivity contribution is -0.142. The number of likely N-dealkylation sites (N-methyl/N-ethyl adjacent to an activating group) is 1. The van der Waals surface area contributed by atoms with Crippen molar-refractivity contribution < 1.29 is 14.3 Å². The molecule has 1 atom stereocenters. The second-order valence-corrected chi connectivity index (χ2v) is 5.32. The van der Waals surface area contributed by atoms with E-state index >= 15 is 0 Å². The molecule has 0 rings (SSSR count). The molecule has 5 nitrogen and oxygen atoms in total. The standard InChI is InChI=1S/C14H28N2O3/c1-6-16(10-14(18)19-5)9-13(17)15-12(4)8-7-11(2)3/h11-12H,6-10H2,1-5H3,(H,15,17). The maximum absolute atomic E-state index is 11.8. The molecule has 19 heavy (non-hydrogen) atoms. The number of nitrogens with zero attached hydrogens (tertiary/aromatic N) is 1. The Kier molecular flexibility index (Phi) is 9.21. The molecule has 0 aromatic carbocycles. The Hall–Kier alpha value is -1.10. The molecule has 0 spiro atoms. The van der Waals surface area contributed by atoms with Gasteiger partial charge in [0.05, 0.1) is 20.2 Å². The number of hydrogen-bond donors (Lipinski definition) is 1. The van der Waals surface area contributed by atoms with Gasteiger partial charge in [0.15, 0.2) is 0 Å². The average Bonchev–Trinajstić information content (AvgIpc) is 2.35. The van der Waals surface area contributed by atoms with E-state index < -0.39 is 0 Å². The summed E-state index contributed by atoms with van der Waals surface area (Å²) in [6, 6.07) is 0.173. The number of methoxy groups -OCH3 is 1. The second kappa shape index (κ2) is 9.78. The first-order valence-electron chi connectivity index (χ1n) is 6.97. The lowest BCUT2D eigenvalue weighted by atomic mass is 10.0. The molecule has 1 N–H and O–H groups in total. The molecule has 0 fully saturated rings. The number of ether oxygens (including phenoxy) is 1. The first-order valence-corrected chi connectivity index (χ1v) is 6.97. The van der Waals surface area contributed by atoms with Gasteiger partial charge < -0.3 is 10.1 Å². The molecule has 0 aliphatic carbocycles. The Morgan fingerprint density at radius 1 is 1.16 bits per heavy atom. The summed E-state index contributed by atoms with van der Waals surface area (Å²) in [4.78, 5) is 24.8. The monoisotopic (exact) mass is 272 g/mol. The Bertz CT molecular complexity index is 280. The molecular weight excluding hydrogens is 244 g/mol. The number of nitrogens with one attached hydrogen (secondary N) is 1. The van der Waals surface area contributed by atoms with Gasteiger partial charge in [0.1, 0.15) is 0 Å². The van der Waals surface area contributed by atoms with E-state index in [1.54, 1.807) is 4.90 Å². The summed E-state index contributed by atoms with van der Waals surface area (Å²) in [6.45, 7) is 9.30. The first kappa shape index (κ1) is 17.9. The van der Waals surface area contributed by atoms with Crippen LogP contribution in [0.25, 0.3) is 0 Å². The number of hydrogen-bond acceptors (Lipinski definition) is 4. The van der Waals surface area contributed by atoms with Crippen molar-refractivity contribution in [2.24, 2.45) is 5.92 Å². The third-order valence-corrected chi connectivity index (χ3v) is 2.98. The number of rotatable bonds is 9. The predicted molar refractivity (Wildman–Crippen MR) is 75.8 cm³/mol. The van der Waals surface area contributed by atoms with E-state index in [4.69, 9.17) is 0 Å². The molecule has 0 aromatic heterocycles. The summed E-state index contributed by atoms with van der Waals surface area (Å²) in [6.07, 6.45) is 2.08. The number of carbonyl (C=O) groups excluding carboxylic acids is 2. The van der Waals surface area contributed by atoms with E-state index in [0.717, 1.165) is 12.8 Å². The number of amides is 1. The second-order valence-electron chi connectivity index (χ2n) is 5.32. The molecule has 112 valence electrons. The largest absolute Gasteiger partial charge is 0.468 e. The van der Waals surface area contributed by atoms with Crippen LogP contribution in [0.15, 0.2) is 0 Å². The molecule has 0 radical (unpaired) electrons. The van der Waals surface area contributed by atoms with Crippen LogP contribution in [-0.4, -0.2) is 49.6 Å². The van der Waals surface area contributed by atoms with E-state index in [0.29, 0.717) is 12.5 Å². The molecule has 0 aromatic rings. The maximum Gasteiger partial charge on any atom is 0.319 e. The molecule has 0 aliphatic heterocycles. The van der Waals surface area contributed by atoms with Crippen molar-refractivity contribution in [3.05, 3.63) is 0 Å². The van der Waals surface area contributed by atoms with Gasteiger partial charge in [-0.15, -0.1) is 0 Å². The molecule has 0 bridgehead atoms. The Morgan fingerprint density at radius 2 is 1.79 bits per heavy atom. The summed E-state index contributed by atoms with van der Waals surface area (Å²) >= 11 is 0. The fourth-order valence-electron chi connectivity index (χ4n) is 1.71. The summed E-state index contributed by atoms with van der Waals surface area (Å²) in [7, 11) is 1.35. The summed E-state index contributed by atoms with van der Waals surface area (Å²) in [5.41, 5.74) is 0. The van der Waals surface area contributed by atoms with Crippen molar-refractivity contribution in [2.45, 2.75) is 46.6 Å². The van der Waals surface area contributed by atoms with Crippen molar-refractivity contribution in [3.8, 4) is 0 Å². The maximum atomic E-state index is 11.8. The van der Waals surface area contributed by atoms with Crippen LogP contribution in [0.4, 0.5) is 0 Å². The number of esters is 1. The topological polar surface area (TPSA) is 58.6 Å². The molecule has 5 heteroatoms. The zero-order valence-electron chi connectivity index (χ0n) is 12.9. The van der Waals surface area contributed by atoms with Gasteiger partial charge in [-0.1, -0.05) is 20.8 Å². The molecule has 1 amide bonds. The molecule has 0 aliphatic rings. The van der Waals surface area contributed by atoms with Gasteiger partial charge in [0, 0.05) is 6.04 Å². The van der Waals surface area contributed by atoms with Gasteiger partial charge >= 0.3 is 5.97 Å². The lowest BCUT2D eigenvalue weighted by Gasteiger charge is -2.20. The fourth-order valence-corrected chi connectivity index (χ4v) is 1.71. The zero-order valence-corrected chi connectivity index (χ0v) is 12.9. The smallest absolute Gasteiger partial charge is 0.319 e. The first-order chi connectivity index (χ1) is 8.88. The van der Waals surface area contributed by atoms with E-state index in [1.165, 1.54) is 7.11 Å². The van der Waals surface area contributed by atoms with E-state index in [1.807, 2.05) is 13.8 Å². The highest BCUT2D eigenvalue weighted by Crippen LogP contribution is 2.06. The third-order valence-electron chi connectivity index (χ3n) is 2.98. The average molecular weight is 272 g/mol. The molecule has 0 saturated carbocycles. The summed E-state index contributed by atoms with van der Waals surface area (Å²) < 4.78 is 4.60. The quantitative estimate of drug-likeness (QED) is 0.645. The Balaban J connectivity index is 4.02. The third kappa shape index (κ3) is 9.47. The van der Waals surface area contributed by atoms with Crippen LogP contribution in [0.3, 0.4) is 0 Å². The van der Waals surface area contributed by atoms with Crippen LogP contribution in [0, 0.1) is 5.92 Å². The molecule has 0 saturated heterocycles. The summed E-state index contributed by atoms with van der Waals surface area (Å²) in [5, 5.41) is 2.96. The summed E-state index contributed by atoms with van der Waals surface area (Å²) in [5.74, 6) is 0.287. The van der Waals surface area contributed by atoms with Crippen LogP contribution in [-0.2, 0) is 14.3 Å². The fraction of sp³-hybridized carbons (Fsp3) is 0.857. The minimum Gasteiger partial charge on any atom is -0.468 e. The van der Waals surface area contributed by atoms with Crippen molar-refractivity contribution in [2.75, 3.05) is 26.7 Å². The highest BCUT2D eigenvalue weighted by molar-refractivity contribution is 5.79. The highest BCUT2D eigenvalue weighted by Gasteiger charge is 2.14. The number of carbonyl (C=O) groups is 2. The Labute approximate surface area is 116 Å². The van der Waals surface area contributed by atoms with Crippen molar-refractivity contribution in [3.63, 3.8) is 0 Å². The van der Waals surface area contributed by atoms with Crippen LogP contribution in [0.1, 0.15) is 40.5 Å². The SMILES string of the molecule is CCN(CC(=O)NC(C)CCC(C)C)CC(=O)OC. The molecule has 1 unspecified atom stereocenters. The van der Waals surface area contributed by atoms with Gasteiger partial charge in [-0.05, 0) is 32.2 Å². The van der Waals surface area contributed by atoms with Crippen LogP contribution in [0.5, 0.6) is 0 Å². The van der Waals surface area contributed by atoms with Gasteiger partial charge in [0.2, 0.25) is 5.91 Å². The zero-order chi connectivity index (χ0) is 14.8. The van der Waals surface area contributed by atoms with E-state index in [-0.39, 0.29) is 31.0 Å².